The van der Waals surface area contributed by atoms with E-state index in [2.05, 4.69) is 24.2 Å². The summed E-state index contributed by atoms with van der Waals surface area (Å²) in [6.07, 6.45) is 1.13. The van der Waals surface area contributed by atoms with E-state index >= 15 is 0 Å². The van der Waals surface area contributed by atoms with Crippen molar-refractivity contribution in [1.29, 1.82) is 0 Å². The normalized spacial score (nSPS) is 19.9. The first-order chi connectivity index (χ1) is 12.4. The number of halogens is 3. The van der Waals surface area contributed by atoms with Gasteiger partial charge in [0.15, 0.2) is 0 Å². The van der Waals surface area contributed by atoms with Crippen molar-refractivity contribution in [3.63, 3.8) is 0 Å². The van der Waals surface area contributed by atoms with Crippen LogP contribution in [0.2, 0.25) is 5.02 Å². The lowest BCUT2D eigenvalue weighted by Crippen LogP contribution is -3.00. The van der Waals surface area contributed by atoms with Gasteiger partial charge in [-0.3, -0.25) is 4.79 Å². The van der Waals surface area contributed by atoms with Crippen molar-refractivity contribution in [1.82, 2.24) is 4.90 Å². The fourth-order valence-electron chi connectivity index (χ4n) is 3.20. The second-order valence-corrected chi connectivity index (χ2v) is 7.20. The molecule has 7 heteroatoms. The molecule has 2 aromatic carbocycles. The number of rotatable bonds is 4. The number of nitrogens with one attached hydrogen (secondary N) is 1. The van der Waals surface area contributed by atoms with E-state index in [1.54, 1.807) is 12.1 Å². The Morgan fingerprint density at radius 2 is 2.11 bits per heavy atom. The Kier molecular flexibility index (Phi) is 7.48. The van der Waals surface area contributed by atoms with Gasteiger partial charge in [-0.05, 0) is 43.8 Å². The molecule has 0 radical (unpaired) electrons. The smallest absolute Gasteiger partial charge is 1.00 e. The number of hydrogen-bond donors (Lipinski definition) is 1. The molecule has 146 valence electrons. The van der Waals surface area contributed by atoms with Crippen molar-refractivity contribution >= 4 is 23.2 Å². The Labute approximate surface area is 171 Å². The Bertz CT molecular complexity index is 810. The number of amides is 1. The molecule has 1 N–H and O–H groups in total. The molecular formula is C20H23Cl2FN2O2. The van der Waals surface area contributed by atoms with E-state index < -0.39 is 5.82 Å². The lowest BCUT2D eigenvalue weighted by atomic mass is 9.97. The Morgan fingerprint density at radius 1 is 1.33 bits per heavy atom. The largest absolute Gasteiger partial charge is 1.00 e. The standard InChI is InChI=1S/C20H22ClFN2O2.ClH/c1-13-12-24(2)9-8-19(13)26-16-5-3-4-15(11-16)23-20(25)17-7-6-14(22)10-18(17)21;/h3-7,10-11,13,19H,8-9,12H2,1-2H3,(H,23,25);1H. The molecule has 0 saturated carbocycles. The van der Waals surface area contributed by atoms with E-state index in [4.69, 9.17) is 16.3 Å². The minimum absolute atomic E-state index is 0. The number of carbonyl (C=O) groups excluding carboxylic acids is 1. The molecule has 1 aliphatic rings. The summed E-state index contributed by atoms with van der Waals surface area (Å²) in [5.74, 6) is 0.286. The van der Waals surface area contributed by atoms with Crippen LogP contribution >= 0.6 is 11.6 Å². The van der Waals surface area contributed by atoms with E-state index in [1.807, 2.05) is 12.1 Å². The average molecular weight is 413 g/mol. The SMILES string of the molecule is CC1CN(C)CCC1Oc1cccc(NC(=O)c2ccc(F)cc2Cl)c1.[Cl-].[H+]. The van der Waals surface area contributed by atoms with Crippen molar-refractivity contribution in [3.8, 4) is 5.75 Å². The highest BCUT2D eigenvalue weighted by molar-refractivity contribution is 6.34. The molecule has 1 aliphatic heterocycles. The van der Waals surface area contributed by atoms with E-state index in [0.29, 0.717) is 11.6 Å². The van der Waals surface area contributed by atoms with Crippen molar-refractivity contribution in [2.45, 2.75) is 19.4 Å². The first-order valence-corrected chi connectivity index (χ1v) is 9.02. The highest BCUT2D eigenvalue weighted by Crippen LogP contribution is 2.25. The van der Waals surface area contributed by atoms with E-state index in [-0.39, 0.29) is 36.4 Å². The van der Waals surface area contributed by atoms with Gasteiger partial charge in [0.2, 0.25) is 0 Å². The maximum atomic E-state index is 13.1. The summed E-state index contributed by atoms with van der Waals surface area (Å²) in [4.78, 5) is 14.7. The van der Waals surface area contributed by atoms with Gasteiger partial charge in [-0.1, -0.05) is 24.6 Å². The van der Waals surface area contributed by atoms with Gasteiger partial charge in [0, 0.05) is 30.8 Å². The molecule has 2 unspecified atom stereocenters. The molecule has 27 heavy (non-hydrogen) atoms. The van der Waals surface area contributed by atoms with Crippen LogP contribution in [0.5, 0.6) is 5.75 Å². The first kappa shape index (κ1) is 21.5. The van der Waals surface area contributed by atoms with Crippen LogP contribution in [-0.4, -0.2) is 37.0 Å². The molecule has 0 spiro atoms. The quantitative estimate of drug-likeness (QED) is 0.828. The maximum absolute atomic E-state index is 13.1. The molecule has 2 aromatic rings. The number of ether oxygens (including phenoxy) is 1. The summed E-state index contributed by atoms with van der Waals surface area (Å²) < 4.78 is 19.3. The van der Waals surface area contributed by atoms with Gasteiger partial charge in [0.05, 0.1) is 10.6 Å². The second kappa shape index (κ2) is 9.40. The predicted octanol–water partition coefficient (Wildman–Crippen LogP) is 1.57. The second-order valence-electron chi connectivity index (χ2n) is 6.79. The van der Waals surface area contributed by atoms with Gasteiger partial charge in [0.1, 0.15) is 17.7 Å². The summed E-state index contributed by atoms with van der Waals surface area (Å²) in [6.45, 7) is 4.20. The van der Waals surface area contributed by atoms with Crippen LogP contribution in [0.3, 0.4) is 0 Å². The third-order valence-electron chi connectivity index (χ3n) is 4.58. The number of hydrogen-bond acceptors (Lipinski definition) is 3. The first-order valence-electron chi connectivity index (χ1n) is 8.64. The molecule has 1 fully saturated rings. The summed E-state index contributed by atoms with van der Waals surface area (Å²) in [5.41, 5.74) is 0.830. The summed E-state index contributed by atoms with van der Waals surface area (Å²) >= 11 is 5.95. The molecule has 0 bridgehead atoms. The van der Waals surface area contributed by atoms with Crippen LogP contribution in [-0.2, 0) is 0 Å². The number of anilines is 1. The van der Waals surface area contributed by atoms with Crippen LogP contribution in [0.15, 0.2) is 42.5 Å². The number of piperidine rings is 1. The van der Waals surface area contributed by atoms with Crippen molar-refractivity contribution in [2.75, 3.05) is 25.5 Å². The van der Waals surface area contributed by atoms with E-state index in [1.165, 1.54) is 12.1 Å². The number of likely N-dealkylation sites (tertiary alicyclic amines) is 1. The van der Waals surface area contributed by atoms with Gasteiger partial charge in [0.25, 0.3) is 5.91 Å². The zero-order valence-electron chi connectivity index (χ0n) is 16.2. The average Bonchev–Trinajstić information content (AvgIpc) is 2.57. The van der Waals surface area contributed by atoms with Crippen LogP contribution in [0.4, 0.5) is 10.1 Å². The van der Waals surface area contributed by atoms with Gasteiger partial charge >= 0.3 is 1.43 Å². The van der Waals surface area contributed by atoms with Crippen LogP contribution in [0.25, 0.3) is 0 Å². The lowest BCUT2D eigenvalue weighted by Gasteiger charge is -2.34. The van der Waals surface area contributed by atoms with Crippen molar-refractivity contribution < 1.29 is 27.8 Å². The van der Waals surface area contributed by atoms with Gasteiger partial charge < -0.3 is 27.4 Å². The number of nitrogens with zero attached hydrogens (tertiary/aromatic N) is 1. The molecule has 1 saturated heterocycles. The lowest BCUT2D eigenvalue weighted by molar-refractivity contribution is -0.0000147. The van der Waals surface area contributed by atoms with Crippen molar-refractivity contribution in [2.24, 2.45) is 5.92 Å². The summed E-state index contributed by atoms with van der Waals surface area (Å²) in [7, 11) is 2.11. The van der Waals surface area contributed by atoms with E-state index in [9.17, 15) is 9.18 Å². The highest BCUT2D eigenvalue weighted by atomic mass is 35.5. The minimum atomic E-state index is -0.478. The van der Waals surface area contributed by atoms with Crippen LogP contribution < -0.4 is 22.5 Å². The molecule has 0 aliphatic carbocycles. The number of carbonyl (C=O) groups is 1. The van der Waals surface area contributed by atoms with Gasteiger partial charge in [-0.15, -0.1) is 0 Å². The van der Waals surface area contributed by atoms with Crippen LogP contribution in [0.1, 0.15) is 25.1 Å². The third kappa shape index (κ3) is 5.58. The number of benzene rings is 2. The fraction of sp³-hybridized carbons (Fsp3) is 0.350. The predicted molar refractivity (Wildman–Crippen MR) is 103 cm³/mol. The molecule has 1 heterocycles. The summed E-state index contributed by atoms with van der Waals surface area (Å²) in [6, 6.07) is 11.0. The minimum Gasteiger partial charge on any atom is -1.00 e. The Balaban J connectivity index is 0.00000196. The molecule has 2 atom stereocenters. The molecule has 3 rings (SSSR count). The Morgan fingerprint density at radius 3 is 2.81 bits per heavy atom. The highest BCUT2D eigenvalue weighted by Gasteiger charge is 2.25. The van der Waals surface area contributed by atoms with E-state index in [0.717, 1.165) is 31.3 Å². The molecular weight excluding hydrogens is 390 g/mol. The van der Waals surface area contributed by atoms with Gasteiger partial charge in [-0.2, -0.15) is 0 Å². The third-order valence-corrected chi connectivity index (χ3v) is 4.90. The monoisotopic (exact) mass is 412 g/mol. The van der Waals surface area contributed by atoms with Gasteiger partial charge in [-0.25, -0.2) is 4.39 Å². The molecule has 4 nitrogen and oxygen atoms in total. The zero-order valence-corrected chi connectivity index (χ0v) is 16.7. The fourth-order valence-corrected chi connectivity index (χ4v) is 3.45. The van der Waals surface area contributed by atoms with Crippen LogP contribution in [0, 0.1) is 11.7 Å². The topological polar surface area (TPSA) is 41.6 Å². The maximum Gasteiger partial charge on any atom is 1.00 e. The molecule has 1 amide bonds. The zero-order chi connectivity index (χ0) is 18.7. The summed E-state index contributed by atoms with van der Waals surface area (Å²) in [5, 5.41) is 2.86. The molecule has 0 aromatic heterocycles. The van der Waals surface area contributed by atoms with Crippen molar-refractivity contribution in [3.05, 3.63) is 58.9 Å². The Hall–Kier alpha value is -1.82.